The maximum Gasteiger partial charge on any atom is 0.317 e. The average molecular weight is 201 g/mol. The third kappa shape index (κ3) is 3.49. The summed E-state index contributed by atoms with van der Waals surface area (Å²) in [6.07, 6.45) is 0. The van der Waals surface area contributed by atoms with Crippen LogP contribution < -0.4 is 5.32 Å². The van der Waals surface area contributed by atoms with Gasteiger partial charge in [0.15, 0.2) is 0 Å². The third-order valence-electron chi connectivity index (χ3n) is 1.53. The number of hydrogen-bond donors (Lipinski definition) is 2. The Morgan fingerprint density at radius 1 is 1.29 bits per heavy atom. The monoisotopic (exact) mass is 201 g/mol. The van der Waals surface area contributed by atoms with E-state index >= 15 is 0 Å². The minimum absolute atomic E-state index is 0.126. The zero-order valence-electron chi connectivity index (χ0n) is 7.26. The molecule has 0 radical (unpaired) electrons. The number of rotatable bonds is 4. The Bertz CT molecular complexity index is 321. The normalized spacial score (nSPS) is 10.1. The number of halogens is 2. The van der Waals surface area contributed by atoms with E-state index in [2.05, 4.69) is 5.32 Å². The maximum atomic E-state index is 12.6. The van der Waals surface area contributed by atoms with E-state index in [0.29, 0.717) is 5.56 Å². The zero-order chi connectivity index (χ0) is 10.6. The number of carboxylic acids is 1. The predicted octanol–water partition coefficient (Wildman–Crippen LogP) is 1.14. The molecule has 0 aliphatic rings. The molecule has 76 valence electrons. The van der Waals surface area contributed by atoms with Gasteiger partial charge in [-0.05, 0) is 17.7 Å². The van der Waals surface area contributed by atoms with Crippen LogP contribution in [0.4, 0.5) is 8.78 Å². The lowest BCUT2D eigenvalue weighted by molar-refractivity contribution is -0.135. The van der Waals surface area contributed by atoms with Crippen LogP contribution in [0.2, 0.25) is 0 Å². The standard InChI is InChI=1S/C9H9F2NO2/c10-7-1-6(2-8(11)3-7)4-12-5-9(13)14/h1-3,12H,4-5H2,(H,13,14). The second kappa shape index (κ2) is 4.66. The molecule has 0 atom stereocenters. The van der Waals surface area contributed by atoms with Crippen LogP contribution in [0.5, 0.6) is 0 Å². The van der Waals surface area contributed by atoms with E-state index in [1.165, 1.54) is 0 Å². The van der Waals surface area contributed by atoms with E-state index in [1.807, 2.05) is 0 Å². The molecule has 2 N–H and O–H groups in total. The van der Waals surface area contributed by atoms with Gasteiger partial charge in [-0.15, -0.1) is 0 Å². The summed E-state index contributed by atoms with van der Waals surface area (Å²) in [5, 5.41) is 10.8. The average Bonchev–Trinajstić information content (AvgIpc) is 2.01. The molecule has 0 spiro atoms. The van der Waals surface area contributed by atoms with Gasteiger partial charge in [-0.2, -0.15) is 0 Å². The first-order chi connectivity index (χ1) is 6.58. The summed E-state index contributed by atoms with van der Waals surface area (Å²) < 4.78 is 25.3. The van der Waals surface area contributed by atoms with E-state index < -0.39 is 17.6 Å². The van der Waals surface area contributed by atoms with Crippen LogP contribution >= 0.6 is 0 Å². The topological polar surface area (TPSA) is 49.3 Å². The number of hydrogen-bond acceptors (Lipinski definition) is 2. The van der Waals surface area contributed by atoms with Crippen LogP contribution in [0, 0.1) is 11.6 Å². The lowest BCUT2D eigenvalue weighted by Crippen LogP contribution is -2.21. The quantitative estimate of drug-likeness (QED) is 0.767. The van der Waals surface area contributed by atoms with Crippen LogP contribution in [-0.2, 0) is 11.3 Å². The zero-order valence-corrected chi connectivity index (χ0v) is 7.26. The maximum absolute atomic E-state index is 12.6. The first-order valence-corrected chi connectivity index (χ1v) is 3.95. The van der Waals surface area contributed by atoms with Gasteiger partial charge in [0, 0.05) is 12.6 Å². The van der Waals surface area contributed by atoms with Crippen LogP contribution in [0.15, 0.2) is 18.2 Å². The summed E-state index contributed by atoms with van der Waals surface area (Å²) in [6.45, 7) is -0.112. The highest BCUT2D eigenvalue weighted by molar-refractivity contribution is 5.68. The van der Waals surface area contributed by atoms with Crippen LogP contribution in [-0.4, -0.2) is 17.6 Å². The highest BCUT2D eigenvalue weighted by Crippen LogP contribution is 2.07. The van der Waals surface area contributed by atoms with Gasteiger partial charge in [-0.1, -0.05) is 0 Å². The van der Waals surface area contributed by atoms with E-state index in [-0.39, 0.29) is 13.1 Å². The van der Waals surface area contributed by atoms with Gasteiger partial charge < -0.3 is 10.4 Å². The molecule has 1 rings (SSSR count). The summed E-state index contributed by atoms with van der Waals surface area (Å²) in [7, 11) is 0. The second-order valence-corrected chi connectivity index (χ2v) is 2.77. The largest absolute Gasteiger partial charge is 0.480 e. The summed E-state index contributed by atoms with van der Waals surface area (Å²) in [6, 6.07) is 3.07. The molecule has 1 aromatic rings. The fourth-order valence-electron chi connectivity index (χ4n) is 1.03. The molecule has 0 aliphatic carbocycles. The second-order valence-electron chi connectivity index (χ2n) is 2.77. The number of carboxylic acid groups (broad SMARTS) is 1. The van der Waals surface area contributed by atoms with Crippen molar-refractivity contribution < 1.29 is 18.7 Å². The molecule has 0 saturated carbocycles. The van der Waals surface area contributed by atoms with Crippen molar-refractivity contribution in [3.05, 3.63) is 35.4 Å². The van der Waals surface area contributed by atoms with Gasteiger partial charge in [0.1, 0.15) is 11.6 Å². The molecule has 0 amide bonds. The van der Waals surface area contributed by atoms with Crippen molar-refractivity contribution in [1.29, 1.82) is 0 Å². The molecule has 3 nitrogen and oxygen atoms in total. The lowest BCUT2D eigenvalue weighted by Gasteiger charge is -2.02. The van der Waals surface area contributed by atoms with Gasteiger partial charge in [0.25, 0.3) is 0 Å². The highest BCUT2D eigenvalue weighted by atomic mass is 19.1. The van der Waals surface area contributed by atoms with Crippen LogP contribution in [0.1, 0.15) is 5.56 Å². The first-order valence-electron chi connectivity index (χ1n) is 3.95. The summed E-state index contributed by atoms with van der Waals surface area (Å²) in [4.78, 5) is 10.1. The lowest BCUT2D eigenvalue weighted by atomic mass is 10.2. The predicted molar refractivity (Wildman–Crippen MR) is 45.7 cm³/mol. The minimum atomic E-state index is -1.01. The molecule has 1 aromatic carbocycles. The smallest absolute Gasteiger partial charge is 0.317 e. The molecule has 0 fully saturated rings. The summed E-state index contributed by atoms with van der Waals surface area (Å²) in [5.74, 6) is -2.35. The summed E-state index contributed by atoms with van der Waals surface area (Å²) >= 11 is 0. The van der Waals surface area contributed by atoms with E-state index in [1.54, 1.807) is 0 Å². The van der Waals surface area contributed by atoms with Gasteiger partial charge in [-0.25, -0.2) is 8.78 Å². The van der Waals surface area contributed by atoms with Crippen LogP contribution in [0.25, 0.3) is 0 Å². The van der Waals surface area contributed by atoms with Crippen molar-refractivity contribution in [2.75, 3.05) is 6.54 Å². The van der Waals surface area contributed by atoms with Crippen molar-refractivity contribution in [2.24, 2.45) is 0 Å². The van der Waals surface area contributed by atoms with E-state index in [0.717, 1.165) is 18.2 Å². The molecule has 0 unspecified atom stereocenters. The number of aliphatic carboxylic acids is 1. The molecular formula is C9H9F2NO2. The molecule has 0 aliphatic heterocycles. The van der Waals surface area contributed by atoms with Crippen molar-refractivity contribution in [3.63, 3.8) is 0 Å². The van der Waals surface area contributed by atoms with E-state index in [4.69, 9.17) is 5.11 Å². The molecule has 0 bridgehead atoms. The number of carbonyl (C=O) groups is 1. The van der Waals surface area contributed by atoms with Crippen LogP contribution in [0.3, 0.4) is 0 Å². The van der Waals surface area contributed by atoms with Crippen molar-refractivity contribution >= 4 is 5.97 Å². The Balaban J connectivity index is 2.54. The Labute approximate surface area is 79.4 Å². The molecular weight excluding hydrogens is 192 g/mol. The Hall–Kier alpha value is -1.49. The Morgan fingerprint density at radius 2 is 1.86 bits per heavy atom. The Kier molecular flexibility index (Phi) is 3.53. The molecule has 0 heterocycles. The van der Waals surface area contributed by atoms with Crippen molar-refractivity contribution in [3.8, 4) is 0 Å². The fourth-order valence-corrected chi connectivity index (χ4v) is 1.03. The first kappa shape index (κ1) is 10.6. The molecule has 0 aromatic heterocycles. The van der Waals surface area contributed by atoms with Gasteiger partial charge in [-0.3, -0.25) is 4.79 Å². The molecule has 0 saturated heterocycles. The van der Waals surface area contributed by atoms with Crippen molar-refractivity contribution in [1.82, 2.24) is 5.32 Å². The Morgan fingerprint density at radius 3 is 2.36 bits per heavy atom. The summed E-state index contributed by atoms with van der Waals surface area (Å²) in [5.41, 5.74) is 0.378. The highest BCUT2D eigenvalue weighted by Gasteiger charge is 2.01. The van der Waals surface area contributed by atoms with Gasteiger partial charge in [0.2, 0.25) is 0 Å². The fraction of sp³-hybridized carbons (Fsp3) is 0.222. The van der Waals surface area contributed by atoms with Gasteiger partial charge in [0.05, 0.1) is 6.54 Å². The number of nitrogens with one attached hydrogen (secondary N) is 1. The van der Waals surface area contributed by atoms with Gasteiger partial charge >= 0.3 is 5.97 Å². The van der Waals surface area contributed by atoms with E-state index in [9.17, 15) is 13.6 Å². The van der Waals surface area contributed by atoms with Crippen molar-refractivity contribution in [2.45, 2.75) is 6.54 Å². The number of benzene rings is 1. The third-order valence-corrected chi connectivity index (χ3v) is 1.53. The SMILES string of the molecule is O=C(O)CNCc1cc(F)cc(F)c1. The minimum Gasteiger partial charge on any atom is -0.480 e. The molecule has 5 heteroatoms. The molecule has 14 heavy (non-hydrogen) atoms.